The van der Waals surface area contributed by atoms with Gasteiger partial charge in [-0.05, 0) is 55.3 Å². The Bertz CT molecular complexity index is 988. The van der Waals surface area contributed by atoms with Crippen molar-refractivity contribution < 1.29 is 9.53 Å². The van der Waals surface area contributed by atoms with E-state index in [0.29, 0.717) is 15.6 Å². The summed E-state index contributed by atoms with van der Waals surface area (Å²) < 4.78 is 4.82. The number of pyridine rings is 1. The Balaban J connectivity index is 2.16. The number of hydrogen-bond donors (Lipinski definition) is 0. The molecule has 0 aliphatic heterocycles. The number of methoxy groups -OCH3 is 1. The summed E-state index contributed by atoms with van der Waals surface area (Å²) in [5.74, 6) is -0.291. The van der Waals surface area contributed by atoms with Gasteiger partial charge in [0.2, 0.25) is 0 Å². The number of hydrogen-bond acceptors (Lipinski definition) is 4. The summed E-state index contributed by atoms with van der Waals surface area (Å²) in [5, 5.41) is 2.18. The van der Waals surface area contributed by atoms with E-state index in [1.165, 1.54) is 7.11 Å². The van der Waals surface area contributed by atoms with Gasteiger partial charge in [0.15, 0.2) is 0 Å². The Hall–Kier alpha value is -1.75. The van der Waals surface area contributed by atoms with Crippen molar-refractivity contribution in [3.63, 3.8) is 0 Å². The van der Waals surface area contributed by atoms with Crippen molar-refractivity contribution in [2.75, 3.05) is 7.11 Å². The van der Waals surface area contributed by atoms with Crippen LogP contribution in [0.1, 0.15) is 16.8 Å². The van der Waals surface area contributed by atoms with Gasteiger partial charge in [0.25, 0.3) is 0 Å². The van der Waals surface area contributed by atoms with Gasteiger partial charge in [0, 0.05) is 20.2 Å². The van der Waals surface area contributed by atoms with Crippen molar-refractivity contribution >= 4 is 51.8 Å². The maximum absolute atomic E-state index is 11.8. The van der Waals surface area contributed by atoms with Crippen molar-refractivity contribution in [2.24, 2.45) is 0 Å². The number of aryl methyl sites for hydroxylation is 2. The summed E-state index contributed by atoms with van der Waals surface area (Å²) in [7, 11) is 1.39. The minimum atomic E-state index is -0.291. The molecule has 0 unspecified atom stereocenters. The molecule has 0 atom stereocenters. The molecule has 3 aromatic rings. The Morgan fingerprint density at radius 3 is 2.46 bits per heavy atom. The average molecular weight is 406 g/mol. The second-order valence-corrected chi connectivity index (χ2v) is 7.82. The van der Waals surface area contributed by atoms with Gasteiger partial charge >= 0.3 is 5.97 Å². The van der Waals surface area contributed by atoms with E-state index < -0.39 is 0 Å². The van der Waals surface area contributed by atoms with Crippen LogP contribution in [0, 0.1) is 13.8 Å². The second-order valence-electron chi connectivity index (χ2n) is 5.89. The molecular formula is C20H17Cl2NO2S. The molecule has 0 bridgehead atoms. The lowest BCUT2D eigenvalue weighted by molar-refractivity contribution is -0.139. The Morgan fingerprint density at radius 1 is 1.12 bits per heavy atom. The van der Waals surface area contributed by atoms with Crippen LogP contribution in [0.25, 0.3) is 10.9 Å². The first-order chi connectivity index (χ1) is 12.4. The minimum absolute atomic E-state index is 0.181. The van der Waals surface area contributed by atoms with Gasteiger partial charge in [-0.25, -0.2) is 0 Å². The summed E-state index contributed by atoms with van der Waals surface area (Å²) in [5.41, 5.74) is 3.52. The third-order valence-corrected chi connectivity index (χ3v) is 6.01. The molecule has 0 saturated heterocycles. The Labute approximate surface area is 166 Å². The molecule has 1 heterocycles. The average Bonchev–Trinajstić information content (AvgIpc) is 2.62. The highest BCUT2D eigenvalue weighted by molar-refractivity contribution is 7.99. The van der Waals surface area contributed by atoms with Crippen LogP contribution in [0.3, 0.4) is 0 Å². The summed E-state index contributed by atoms with van der Waals surface area (Å²) >= 11 is 14.0. The van der Waals surface area contributed by atoms with E-state index in [4.69, 9.17) is 32.9 Å². The highest BCUT2D eigenvalue weighted by Gasteiger charge is 2.17. The van der Waals surface area contributed by atoms with E-state index in [1.807, 2.05) is 44.2 Å². The molecule has 0 N–H and O–H groups in total. The van der Waals surface area contributed by atoms with E-state index >= 15 is 0 Å². The van der Waals surface area contributed by atoms with E-state index in [-0.39, 0.29) is 12.4 Å². The fraction of sp³-hybridized carbons (Fsp3) is 0.200. The number of benzene rings is 2. The Morgan fingerprint density at radius 2 is 1.81 bits per heavy atom. The molecule has 6 heteroatoms. The number of esters is 1. The molecule has 0 radical (unpaired) electrons. The number of carbonyl (C=O) groups is 1. The molecule has 2 aromatic carbocycles. The molecule has 134 valence electrons. The second kappa shape index (κ2) is 7.87. The smallest absolute Gasteiger partial charge is 0.310 e. The van der Waals surface area contributed by atoms with Crippen molar-refractivity contribution in [1.29, 1.82) is 0 Å². The monoisotopic (exact) mass is 405 g/mol. The zero-order valence-electron chi connectivity index (χ0n) is 14.6. The minimum Gasteiger partial charge on any atom is -0.469 e. The van der Waals surface area contributed by atoms with E-state index in [9.17, 15) is 4.79 Å². The molecule has 26 heavy (non-hydrogen) atoms. The molecular weight excluding hydrogens is 389 g/mol. The van der Waals surface area contributed by atoms with Crippen LogP contribution >= 0.6 is 35.0 Å². The maximum Gasteiger partial charge on any atom is 0.310 e. The fourth-order valence-electron chi connectivity index (χ4n) is 2.88. The first-order valence-electron chi connectivity index (χ1n) is 7.99. The van der Waals surface area contributed by atoms with Crippen LogP contribution in [-0.2, 0) is 16.0 Å². The van der Waals surface area contributed by atoms with Gasteiger partial charge in [-0.3, -0.25) is 9.78 Å². The molecule has 3 rings (SSSR count). The predicted molar refractivity (Wildman–Crippen MR) is 108 cm³/mol. The molecule has 1 aromatic heterocycles. The predicted octanol–water partition coefficient (Wildman–Crippen LogP) is 6.03. The lowest BCUT2D eigenvalue weighted by atomic mass is 10.0. The highest BCUT2D eigenvalue weighted by Crippen LogP contribution is 2.38. The Kier molecular flexibility index (Phi) is 5.76. The van der Waals surface area contributed by atoms with Gasteiger partial charge < -0.3 is 4.74 Å². The number of aromatic nitrogens is 1. The number of carbonyl (C=O) groups excluding carboxylic acids is 1. The number of halogens is 2. The largest absolute Gasteiger partial charge is 0.469 e. The summed E-state index contributed by atoms with van der Waals surface area (Å²) in [6.07, 6.45) is 0.181. The number of fused-ring (bicyclic) bond motifs is 1. The van der Waals surface area contributed by atoms with Crippen LogP contribution in [0.2, 0.25) is 10.0 Å². The van der Waals surface area contributed by atoms with Gasteiger partial charge in [-0.2, -0.15) is 0 Å². The molecule has 0 amide bonds. The molecule has 0 saturated carbocycles. The van der Waals surface area contributed by atoms with Gasteiger partial charge in [-0.15, -0.1) is 0 Å². The van der Waals surface area contributed by atoms with Gasteiger partial charge in [0.1, 0.15) is 0 Å². The van der Waals surface area contributed by atoms with Crippen molar-refractivity contribution in [2.45, 2.75) is 30.1 Å². The lowest BCUT2D eigenvalue weighted by Gasteiger charge is -2.15. The summed E-state index contributed by atoms with van der Waals surface area (Å²) in [6.45, 7) is 4.00. The third kappa shape index (κ3) is 3.83. The summed E-state index contributed by atoms with van der Waals surface area (Å²) in [6, 6.07) is 11.3. The van der Waals surface area contributed by atoms with E-state index in [1.54, 1.807) is 17.8 Å². The zero-order chi connectivity index (χ0) is 18.8. The normalized spacial score (nSPS) is 11.0. The molecule has 0 aliphatic carbocycles. The van der Waals surface area contributed by atoms with Crippen molar-refractivity contribution in [3.05, 3.63) is 63.3 Å². The topological polar surface area (TPSA) is 39.2 Å². The lowest BCUT2D eigenvalue weighted by Crippen LogP contribution is -2.06. The highest BCUT2D eigenvalue weighted by atomic mass is 35.5. The van der Waals surface area contributed by atoms with Crippen LogP contribution in [-0.4, -0.2) is 18.1 Å². The first-order valence-corrected chi connectivity index (χ1v) is 9.56. The standard InChI is InChI=1S/C20H17Cl2NO2S/c1-11-18-13(10-17(24)25-3)4-9-16(22)19(18)23-12(2)20(11)26-15-7-5-14(21)6-8-15/h4-9H,10H2,1-3H3. The first kappa shape index (κ1) is 19.0. The van der Waals surface area contributed by atoms with Gasteiger partial charge in [0.05, 0.1) is 29.8 Å². The molecule has 0 fully saturated rings. The van der Waals surface area contributed by atoms with Crippen LogP contribution in [0.5, 0.6) is 0 Å². The number of ether oxygens (including phenoxy) is 1. The van der Waals surface area contributed by atoms with E-state index in [0.717, 1.165) is 32.0 Å². The molecule has 0 aliphatic rings. The maximum atomic E-state index is 11.8. The fourth-order valence-corrected chi connectivity index (χ4v) is 4.17. The van der Waals surface area contributed by atoms with Crippen molar-refractivity contribution in [3.8, 4) is 0 Å². The van der Waals surface area contributed by atoms with Crippen molar-refractivity contribution in [1.82, 2.24) is 4.98 Å². The number of rotatable bonds is 4. The zero-order valence-corrected chi connectivity index (χ0v) is 16.9. The molecule has 0 spiro atoms. The third-order valence-electron chi connectivity index (χ3n) is 4.13. The number of nitrogens with zero attached hydrogens (tertiary/aromatic N) is 1. The van der Waals surface area contributed by atoms with Crippen LogP contribution < -0.4 is 0 Å². The van der Waals surface area contributed by atoms with Crippen LogP contribution in [0.4, 0.5) is 0 Å². The SMILES string of the molecule is COC(=O)Cc1ccc(Cl)c2nc(C)c(Sc3ccc(Cl)cc3)c(C)c12. The van der Waals surface area contributed by atoms with Gasteiger partial charge in [-0.1, -0.05) is 41.0 Å². The van der Waals surface area contributed by atoms with Crippen LogP contribution in [0.15, 0.2) is 46.2 Å². The summed E-state index contributed by atoms with van der Waals surface area (Å²) in [4.78, 5) is 18.6. The van der Waals surface area contributed by atoms with E-state index in [2.05, 4.69) is 0 Å². The quantitative estimate of drug-likeness (QED) is 0.497. The molecule has 3 nitrogen and oxygen atoms in total.